The summed E-state index contributed by atoms with van der Waals surface area (Å²) in [5.74, 6) is 1.51. The van der Waals surface area contributed by atoms with Gasteiger partial charge >= 0.3 is 0 Å². The maximum absolute atomic E-state index is 5.16. The molecule has 4 nitrogen and oxygen atoms in total. The molecule has 4 heteroatoms. The van der Waals surface area contributed by atoms with Crippen LogP contribution in [0.2, 0.25) is 0 Å². The number of pyridine rings is 1. The van der Waals surface area contributed by atoms with Crippen LogP contribution in [0.5, 0.6) is 0 Å². The Morgan fingerprint density at radius 1 is 0.458 bits per heavy atom. The Kier molecular flexibility index (Phi) is 6.83. The van der Waals surface area contributed by atoms with Gasteiger partial charge in [-0.25, -0.2) is 15.0 Å². The zero-order valence-corrected chi connectivity index (χ0v) is 26.1. The Hall–Kier alpha value is -6.39. The van der Waals surface area contributed by atoms with Gasteiger partial charge in [-0.3, -0.25) is 0 Å². The molecular weight excluding hydrogens is 585 g/mol. The van der Waals surface area contributed by atoms with Gasteiger partial charge in [-0.1, -0.05) is 152 Å². The molecule has 1 aliphatic rings. The average molecular weight is 615 g/mol. The fourth-order valence-corrected chi connectivity index (χ4v) is 6.74. The highest BCUT2D eigenvalue weighted by atomic mass is 15.2. The van der Waals surface area contributed by atoms with Gasteiger partial charge in [0, 0.05) is 27.5 Å². The number of para-hydroxylation sites is 1. The summed E-state index contributed by atoms with van der Waals surface area (Å²) in [6, 6.07) is 59.3. The molecule has 0 saturated carbocycles. The van der Waals surface area contributed by atoms with Crippen LogP contribution in [0.3, 0.4) is 0 Å². The van der Waals surface area contributed by atoms with Gasteiger partial charge in [0.05, 0.1) is 11.2 Å². The van der Waals surface area contributed by atoms with Gasteiger partial charge in [-0.05, 0) is 51.0 Å². The van der Waals surface area contributed by atoms with E-state index >= 15 is 0 Å². The van der Waals surface area contributed by atoms with E-state index < -0.39 is 0 Å². The van der Waals surface area contributed by atoms with Crippen molar-refractivity contribution in [2.45, 2.75) is 6.17 Å². The molecule has 1 N–H and O–H groups in total. The van der Waals surface area contributed by atoms with Gasteiger partial charge in [-0.2, -0.15) is 0 Å². The highest BCUT2D eigenvalue weighted by Gasteiger charge is 2.22. The van der Waals surface area contributed by atoms with Crippen molar-refractivity contribution in [1.29, 1.82) is 0 Å². The van der Waals surface area contributed by atoms with Crippen LogP contribution >= 0.6 is 0 Å². The largest absolute Gasteiger partial charge is 0.344 e. The van der Waals surface area contributed by atoms with Crippen LogP contribution < -0.4 is 5.32 Å². The monoisotopic (exact) mass is 614 g/mol. The first kappa shape index (κ1) is 27.9. The number of benzene rings is 7. The van der Waals surface area contributed by atoms with Crippen molar-refractivity contribution in [3.8, 4) is 22.4 Å². The molecule has 8 aromatic rings. The van der Waals surface area contributed by atoms with Gasteiger partial charge in [0.1, 0.15) is 12.0 Å². The van der Waals surface area contributed by atoms with Gasteiger partial charge in [0.25, 0.3) is 0 Å². The van der Waals surface area contributed by atoms with E-state index in [0.29, 0.717) is 5.84 Å². The van der Waals surface area contributed by atoms with E-state index in [1.165, 1.54) is 16.2 Å². The quantitative estimate of drug-likeness (QED) is 0.196. The lowest BCUT2D eigenvalue weighted by molar-refractivity contribution is 0.674. The molecule has 0 fully saturated rings. The minimum Gasteiger partial charge on any atom is -0.344 e. The highest BCUT2D eigenvalue weighted by Crippen LogP contribution is 2.36. The van der Waals surface area contributed by atoms with E-state index in [9.17, 15) is 0 Å². The van der Waals surface area contributed by atoms with Crippen LogP contribution in [0, 0.1) is 0 Å². The van der Waals surface area contributed by atoms with Gasteiger partial charge in [0.2, 0.25) is 0 Å². The molecule has 0 spiro atoms. The van der Waals surface area contributed by atoms with E-state index in [1.807, 2.05) is 36.4 Å². The zero-order valence-electron chi connectivity index (χ0n) is 26.1. The maximum Gasteiger partial charge on any atom is 0.159 e. The van der Waals surface area contributed by atoms with E-state index in [1.54, 1.807) is 0 Å². The molecule has 1 unspecified atom stereocenters. The number of rotatable bonds is 5. The summed E-state index contributed by atoms with van der Waals surface area (Å²) in [6.45, 7) is 0. The standard InChI is InChI=1S/C44H30N4/c1-3-13-31(14-4-1)42-46-43(32-15-5-2-6-16-32)48-44(47-42)34-27-33-17-7-8-18-35(33)39(28-34)29-23-25-30(26-24-29)41-38-21-10-9-19-36(38)37-20-11-12-22-40(37)45-41/h1-28,42H,(H,46,47,48). The molecule has 2 heterocycles. The normalized spacial score (nSPS) is 14.5. The first-order chi connectivity index (χ1) is 23.8. The smallest absolute Gasteiger partial charge is 0.159 e. The molecular formula is C44H30N4. The number of aliphatic imine (C=N–C) groups is 2. The maximum atomic E-state index is 5.16. The van der Waals surface area contributed by atoms with E-state index in [4.69, 9.17) is 15.0 Å². The topological polar surface area (TPSA) is 49.6 Å². The van der Waals surface area contributed by atoms with Crippen LogP contribution in [0.25, 0.3) is 54.8 Å². The number of hydrogen-bond acceptors (Lipinski definition) is 4. The van der Waals surface area contributed by atoms with Crippen LogP contribution in [-0.2, 0) is 0 Å². The SMILES string of the molecule is c1ccc(C2=NC(c3cc(-c4ccc(-c5nc6ccccc6c6ccccc56)cc4)c4ccccc4c3)=NC(c3ccccc3)N2)cc1. The highest BCUT2D eigenvalue weighted by molar-refractivity contribution is 6.15. The first-order valence-corrected chi connectivity index (χ1v) is 16.2. The summed E-state index contributed by atoms with van der Waals surface area (Å²) in [4.78, 5) is 15.4. The number of fused-ring (bicyclic) bond motifs is 4. The second-order valence-corrected chi connectivity index (χ2v) is 12.1. The molecule has 1 aliphatic heterocycles. The van der Waals surface area contributed by atoms with Crippen molar-refractivity contribution in [2.75, 3.05) is 0 Å². The van der Waals surface area contributed by atoms with Crippen molar-refractivity contribution in [3.05, 3.63) is 187 Å². The third kappa shape index (κ3) is 5.01. The third-order valence-electron chi connectivity index (χ3n) is 9.10. The fourth-order valence-electron chi connectivity index (χ4n) is 6.74. The molecule has 0 bridgehead atoms. The van der Waals surface area contributed by atoms with Gasteiger partial charge in [-0.15, -0.1) is 0 Å². The molecule has 7 aromatic carbocycles. The molecule has 48 heavy (non-hydrogen) atoms. The molecule has 0 amide bonds. The predicted octanol–water partition coefficient (Wildman–Crippen LogP) is 10.4. The van der Waals surface area contributed by atoms with Crippen molar-refractivity contribution >= 4 is 44.1 Å². The summed E-state index contributed by atoms with van der Waals surface area (Å²) in [6.07, 6.45) is -0.257. The Bertz CT molecular complexity index is 2520. The minimum absolute atomic E-state index is 0.257. The van der Waals surface area contributed by atoms with Crippen molar-refractivity contribution in [1.82, 2.24) is 10.3 Å². The Labute approximate surface area is 278 Å². The lowest BCUT2D eigenvalue weighted by Gasteiger charge is -2.24. The first-order valence-electron chi connectivity index (χ1n) is 16.2. The predicted molar refractivity (Wildman–Crippen MR) is 199 cm³/mol. The number of nitrogens with zero attached hydrogens (tertiary/aromatic N) is 3. The van der Waals surface area contributed by atoms with Crippen LogP contribution in [0.1, 0.15) is 22.9 Å². The lowest BCUT2D eigenvalue weighted by Crippen LogP contribution is -2.33. The van der Waals surface area contributed by atoms with E-state index in [0.717, 1.165) is 61.2 Å². The van der Waals surface area contributed by atoms with E-state index in [-0.39, 0.29) is 6.17 Å². The molecule has 9 rings (SSSR count). The van der Waals surface area contributed by atoms with E-state index in [2.05, 4.69) is 139 Å². The number of aromatic nitrogens is 1. The summed E-state index contributed by atoms with van der Waals surface area (Å²) < 4.78 is 0. The Morgan fingerprint density at radius 2 is 1.08 bits per heavy atom. The second kappa shape index (κ2) is 11.8. The number of nitrogens with one attached hydrogen (secondary N) is 1. The fraction of sp³-hybridized carbons (Fsp3) is 0.0227. The zero-order chi connectivity index (χ0) is 31.9. The lowest BCUT2D eigenvalue weighted by atomic mass is 9.93. The summed E-state index contributed by atoms with van der Waals surface area (Å²) in [5.41, 5.74) is 8.44. The third-order valence-corrected chi connectivity index (χ3v) is 9.10. The number of amidine groups is 2. The summed E-state index contributed by atoms with van der Waals surface area (Å²) >= 11 is 0. The van der Waals surface area contributed by atoms with Crippen molar-refractivity contribution < 1.29 is 0 Å². The molecule has 0 saturated heterocycles. The van der Waals surface area contributed by atoms with Crippen LogP contribution in [0.4, 0.5) is 0 Å². The van der Waals surface area contributed by atoms with Crippen molar-refractivity contribution in [2.24, 2.45) is 9.98 Å². The van der Waals surface area contributed by atoms with Crippen LogP contribution in [-0.4, -0.2) is 16.7 Å². The molecule has 1 atom stereocenters. The molecule has 226 valence electrons. The number of hydrogen-bond donors (Lipinski definition) is 1. The van der Waals surface area contributed by atoms with Crippen LogP contribution in [0.15, 0.2) is 180 Å². The average Bonchev–Trinajstić information content (AvgIpc) is 3.18. The minimum atomic E-state index is -0.257. The Balaban J connectivity index is 1.17. The molecule has 1 aromatic heterocycles. The van der Waals surface area contributed by atoms with Crippen molar-refractivity contribution in [3.63, 3.8) is 0 Å². The Morgan fingerprint density at radius 3 is 1.88 bits per heavy atom. The van der Waals surface area contributed by atoms with Gasteiger partial charge < -0.3 is 5.32 Å². The van der Waals surface area contributed by atoms with Gasteiger partial charge in [0.15, 0.2) is 5.84 Å². The summed E-state index contributed by atoms with van der Waals surface area (Å²) in [5, 5.41) is 9.44. The summed E-state index contributed by atoms with van der Waals surface area (Å²) in [7, 11) is 0. The second-order valence-electron chi connectivity index (χ2n) is 12.1. The molecule has 0 aliphatic carbocycles. The molecule has 0 radical (unpaired) electrons.